The van der Waals surface area contributed by atoms with Crippen molar-refractivity contribution in [2.45, 2.75) is 0 Å². The summed E-state index contributed by atoms with van der Waals surface area (Å²) in [6.07, 6.45) is 0. The van der Waals surface area contributed by atoms with E-state index in [0.29, 0.717) is 22.6 Å². The first-order chi connectivity index (χ1) is 15.3. The number of guanidine groups is 1. The molecule has 12 N–H and O–H groups in total. The van der Waals surface area contributed by atoms with Gasteiger partial charge >= 0.3 is 0 Å². The van der Waals surface area contributed by atoms with Crippen LogP contribution < -0.4 is 38.9 Å². The number of nitrogens with one attached hydrogen (secondary N) is 2. The standard InChI is InChI=1S/C16H17N5O.C7H9N3/c1-22-14-8-3-11(4-9-14)2-5-12-6-7-13(20-16(17)18)10-15(12)21-19;8-6-3-1-5(2-4-6)7(9)10/h3-4,6-10,21H,19H2,1H3,(H4,17,18,20);1-4H,8H2,(H3,9,10). The molecule has 0 bridgehead atoms. The van der Waals surface area contributed by atoms with Gasteiger partial charge in [-0.1, -0.05) is 11.8 Å². The number of nitrogens with two attached hydrogens (primary N) is 5. The second-order valence-electron chi connectivity index (χ2n) is 6.43. The van der Waals surface area contributed by atoms with Gasteiger partial charge in [-0.25, -0.2) is 4.99 Å². The Morgan fingerprint density at radius 3 is 2.12 bits per heavy atom. The van der Waals surface area contributed by atoms with E-state index in [1.54, 1.807) is 49.6 Å². The summed E-state index contributed by atoms with van der Waals surface area (Å²) in [5, 5.41) is 7.04. The number of anilines is 2. The maximum atomic E-state index is 7.04. The number of hydrogen-bond acceptors (Lipinski definition) is 6. The smallest absolute Gasteiger partial charge is 0.191 e. The molecule has 9 nitrogen and oxygen atoms in total. The van der Waals surface area contributed by atoms with Gasteiger partial charge in [0.15, 0.2) is 5.96 Å². The SMILES string of the molecule is COc1ccc(C#Cc2ccc(N=C(N)N)cc2NN)cc1.N=C(N)c1ccc(N)cc1. The summed E-state index contributed by atoms with van der Waals surface area (Å²) < 4.78 is 5.11. The number of benzene rings is 3. The maximum Gasteiger partial charge on any atom is 0.191 e. The first kappa shape index (κ1) is 23.6. The zero-order valence-corrected chi connectivity index (χ0v) is 17.6. The fraction of sp³-hybridized carbons (Fsp3) is 0.0435. The number of amidine groups is 1. The van der Waals surface area contributed by atoms with Gasteiger partial charge < -0.3 is 33.1 Å². The fourth-order valence-corrected chi connectivity index (χ4v) is 2.46. The van der Waals surface area contributed by atoms with E-state index in [4.69, 9.17) is 38.9 Å². The maximum absolute atomic E-state index is 7.04. The normalized spacial score (nSPS) is 9.31. The highest BCUT2D eigenvalue weighted by Gasteiger charge is 2.01. The molecular formula is C23H26N8O. The number of aliphatic imine (C=N–C) groups is 1. The molecule has 0 unspecified atom stereocenters. The number of hydrogen-bond donors (Lipinski definition) is 7. The zero-order valence-electron chi connectivity index (χ0n) is 17.6. The van der Waals surface area contributed by atoms with Gasteiger partial charge in [-0.05, 0) is 66.7 Å². The molecule has 0 aliphatic rings. The van der Waals surface area contributed by atoms with Crippen molar-refractivity contribution in [3.05, 3.63) is 83.4 Å². The third kappa shape index (κ3) is 7.29. The third-order valence-corrected chi connectivity index (χ3v) is 4.07. The van der Waals surface area contributed by atoms with Crippen molar-refractivity contribution < 1.29 is 4.74 Å². The Kier molecular flexibility index (Phi) is 8.47. The van der Waals surface area contributed by atoms with Gasteiger partial charge in [-0.2, -0.15) is 0 Å². The molecule has 3 rings (SSSR count). The highest BCUT2D eigenvalue weighted by molar-refractivity contribution is 5.95. The van der Waals surface area contributed by atoms with Gasteiger partial charge in [0, 0.05) is 22.4 Å². The molecular weight excluding hydrogens is 404 g/mol. The first-order valence-corrected chi connectivity index (χ1v) is 9.38. The lowest BCUT2D eigenvalue weighted by Crippen LogP contribution is -2.21. The van der Waals surface area contributed by atoms with E-state index in [0.717, 1.165) is 16.9 Å². The second kappa shape index (κ2) is 11.5. The molecule has 0 saturated carbocycles. The number of nitrogens with zero attached hydrogens (tertiary/aromatic N) is 1. The highest BCUT2D eigenvalue weighted by Crippen LogP contribution is 2.21. The molecule has 0 aliphatic carbocycles. The average Bonchev–Trinajstić information content (AvgIpc) is 2.78. The Morgan fingerprint density at radius 2 is 1.59 bits per heavy atom. The summed E-state index contributed by atoms with van der Waals surface area (Å²) in [5.74, 6) is 12.5. The average molecular weight is 431 g/mol. The largest absolute Gasteiger partial charge is 0.497 e. The summed E-state index contributed by atoms with van der Waals surface area (Å²) in [6, 6.07) is 19.6. The lowest BCUT2D eigenvalue weighted by Gasteiger charge is -2.05. The van der Waals surface area contributed by atoms with Gasteiger partial charge in [0.05, 0.1) is 18.5 Å². The lowest BCUT2D eigenvalue weighted by atomic mass is 10.1. The number of nitrogen functional groups attached to an aromatic ring is 3. The molecule has 3 aromatic rings. The van der Waals surface area contributed by atoms with Crippen LogP contribution in [0.1, 0.15) is 16.7 Å². The molecule has 0 fully saturated rings. The van der Waals surface area contributed by atoms with E-state index in [9.17, 15) is 0 Å². The van der Waals surface area contributed by atoms with Crippen LogP contribution in [-0.4, -0.2) is 18.9 Å². The van der Waals surface area contributed by atoms with Gasteiger partial charge in [0.2, 0.25) is 0 Å². The minimum Gasteiger partial charge on any atom is -0.497 e. The van der Waals surface area contributed by atoms with Crippen LogP contribution in [0.3, 0.4) is 0 Å². The van der Waals surface area contributed by atoms with E-state index in [1.165, 1.54) is 0 Å². The molecule has 0 aliphatic heterocycles. The van der Waals surface area contributed by atoms with E-state index >= 15 is 0 Å². The molecule has 3 aromatic carbocycles. The lowest BCUT2D eigenvalue weighted by molar-refractivity contribution is 0.415. The molecule has 0 atom stereocenters. The summed E-state index contributed by atoms with van der Waals surface area (Å²) in [6.45, 7) is 0. The predicted octanol–water partition coefficient (Wildman–Crippen LogP) is 1.84. The van der Waals surface area contributed by atoms with Crippen LogP contribution in [0, 0.1) is 17.3 Å². The Balaban J connectivity index is 0.000000303. The minimum atomic E-state index is -0.0139. The van der Waals surface area contributed by atoms with Crippen molar-refractivity contribution in [1.82, 2.24) is 0 Å². The minimum absolute atomic E-state index is 0.0139. The molecule has 9 heteroatoms. The Bertz CT molecular complexity index is 1140. The Hall–Kier alpha value is -4.68. The third-order valence-electron chi connectivity index (χ3n) is 4.07. The Morgan fingerprint density at radius 1 is 0.938 bits per heavy atom. The van der Waals surface area contributed by atoms with Crippen LogP contribution in [-0.2, 0) is 0 Å². The summed E-state index contributed by atoms with van der Waals surface area (Å²) in [4.78, 5) is 3.96. The first-order valence-electron chi connectivity index (χ1n) is 9.38. The van der Waals surface area contributed by atoms with Crippen LogP contribution in [0.4, 0.5) is 17.1 Å². The topological polar surface area (TPSA) is 188 Å². The van der Waals surface area contributed by atoms with Gasteiger partial charge in [0.1, 0.15) is 11.6 Å². The quantitative estimate of drug-likeness (QED) is 0.0820. The molecule has 0 spiro atoms. The van der Waals surface area contributed by atoms with Gasteiger partial charge in [-0.3, -0.25) is 11.3 Å². The van der Waals surface area contributed by atoms with Crippen molar-refractivity contribution in [2.75, 3.05) is 18.3 Å². The predicted molar refractivity (Wildman–Crippen MR) is 131 cm³/mol. The fourth-order valence-electron chi connectivity index (χ4n) is 2.46. The number of rotatable bonds is 4. The molecule has 0 radical (unpaired) electrons. The van der Waals surface area contributed by atoms with Crippen molar-refractivity contribution in [1.29, 1.82) is 5.41 Å². The monoisotopic (exact) mass is 430 g/mol. The van der Waals surface area contributed by atoms with Crippen LogP contribution >= 0.6 is 0 Å². The van der Waals surface area contributed by atoms with Crippen LogP contribution in [0.15, 0.2) is 71.7 Å². The zero-order chi connectivity index (χ0) is 23.5. The van der Waals surface area contributed by atoms with Crippen LogP contribution in [0.5, 0.6) is 5.75 Å². The number of methoxy groups -OCH3 is 1. The second-order valence-corrected chi connectivity index (χ2v) is 6.43. The molecule has 0 saturated heterocycles. The van der Waals surface area contributed by atoms with Crippen LogP contribution in [0.2, 0.25) is 0 Å². The molecule has 0 amide bonds. The number of ether oxygens (including phenoxy) is 1. The Labute approximate surface area is 186 Å². The van der Waals surface area contributed by atoms with Crippen LogP contribution in [0.25, 0.3) is 0 Å². The van der Waals surface area contributed by atoms with Gasteiger partial charge in [0.25, 0.3) is 0 Å². The van der Waals surface area contributed by atoms with Crippen molar-refractivity contribution in [3.8, 4) is 17.6 Å². The van der Waals surface area contributed by atoms with E-state index < -0.39 is 0 Å². The van der Waals surface area contributed by atoms with E-state index in [-0.39, 0.29) is 11.8 Å². The van der Waals surface area contributed by atoms with Crippen molar-refractivity contribution in [2.24, 2.45) is 28.0 Å². The van der Waals surface area contributed by atoms with Gasteiger partial charge in [-0.15, -0.1) is 0 Å². The summed E-state index contributed by atoms with van der Waals surface area (Å²) in [5.41, 5.74) is 28.2. The van der Waals surface area contributed by atoms with Crippen molar-refractivity contribution >= 4 is 28.9 Å². The summed E-state index contributed by atoms with van der Waals surface area (Å²) in [7, 11) is 1.62. The molecule has 0 heterocycles. The molecule has 32 heavy (non-hydrogen) atoms. The van der Waals surface area contributed by atoms with E-state index in [1.807, 2.05) is 24.3 Å². The highest BCUT2D eigenvalue weighted by atomic mass is 16.5. The summed E-state index contributed by atoms with van der Waals surface area (Å²) >= 11 is 0. The van der Waals surface area contributed by atoms with E-state index in [2.05, 4.69) is 22.3 Å². The number of hydrazine groups is 1. The molecule has 164 valence electrons. The molecule has 0 aromatic heterocycles. The van der Waals surface area contributed by atoms with Crippen molar-refractivity contribution in [3.63, 3.8) is 0 Å².